The summed E-state index contributed by atoms with van der Waals surface area (Å²) in [5, 5.41) is 2.27. The largest absolute Gasteiger partial charge is 0.490 e. The van der Waals surface area contributed by atoms with Crippen LogP contribution in [0.4, 0.5) is 4.79 Å². The van der Waals surface area contributed by atoms with E-state index in [1.54, 1.807) is 24.3 Å². The highest BCUT2D eigenvalue weighted by Gasteiger charge is 2.24. The van der Waals surface area contributed by atoms with Gasteiger partial charge in [-0.25, -0.2) is 0 Å². The number of carbonyl (C=O) groups excluding carboxylic acids is 2. The molecule has 0 aliphatic carbocycles. The third-order valence-corrected chi connectivity index (χ3v) is 3.79. The predicted octanol–water partition coefficient (Wildman–Crippen LogP) is 3.47. The molecule has 0 spiro atoms. The van der Waals surface area contributed by atoms with Crippen LogP contribution in [0.25, 0.3) is 6.08 Å². The van der Waals surface area contributed by atoms with Gasteiger partial charge in [0.1, 0.15) is 12.4 Å². The van der Waals surface area contributed by atoms with Crippen LogP contribution in [0.2, 0.25) is 5.02 Å². The minimum Gasteiger partial charge on any atom is -0.490 e. The monoisotopic (exact) mass is 341 g/mol. The molecule has 2 rings (SSSR count). The summed E-state index contributed by atoms with van der Waals surface area (Å²) in [4.78, 5) is 22.9. The maximum Gasteiger partial charge on any atom is 0.290 e. The highest BCUT2D eigenvalue weighted by molar-refractivity contribution is 8.18. The van der Waals surface area contributed by atoms with E-state index in [0.29, 0.717) is 28.9 Å². The topological polar surface area (TPSA) is 64.6 Å². The Morgan fingerprint density at radius 2 is 2.09 bits per heavy atom. The van der Waals surface area contributed by atoms with Crippen LogP contribution in [0.3, 0.4) is 0 Å². The van der Waals surface area contributed by atoms with Gasteiger partial charge in [-0.2, -0.15) is 0 Å². The van der Waals surface area contributed by atoms with Gasteiger partial charge >= 0.3 is 0 Å². The number of halogens is 1. The molecule has 1 aromatic carbocycles. The lowest BCUT2D eigenvalue weighted by Gasteiger charge is -2.10. The molecule has 0 unspecified atom stereocenters. The van der Waals surface area contributed by atoms with Crippen molar-refractivity contribution in [1.82, 2.24) is 5.32 Å². The maximum absolute atomic E-state index is 11.5. The van der Waals surface area contributed by atoms with E-state index in [0.717, 1.165) is 17.3 Å². The molecule has 1 saturated heterocycles. The van der Waals surface area contributed by atoms with Crippen LogP contribution in [0.5, 0.6) is 5.75 Å². The number of nitrogens with one attached hydrogen (secondary N) is 1. The zero-order valence-corrected chi connectivity index (χ0v) is 13.8. The summed E-state index contributed by atoms with van der Waals surface area (Å²) in [6.07, 6.45) is 1.77. The molecular weight excluding hydrogens is 326 g/mol. The van der Waals surface area contributed by atoms with Crippen LogP contribution in [-0.2, 0) is 9.53 Å². The Morgan fingerprint density at radius 1 is 1.32 bits per heavy atom. The van der Waals surface area contributed by atoms with Crippen molar-refractivity contribution < 1.29 is 19.1 Å². The van der Waals surface area contributed by atoms with Gasteiger partial charge in [0.25, 0.3) is 11.1 Å². The van der Waals surface area contributed by atoms with Crippen molar-refractivity contribution >= 4 is 40.6 Å². The maximum atomic E-state index is 11.5. The van der Waals surface area contributed by atoms with Crippen molar-refractivity contribution in [2.45, 2.75) is 20.0 Å². The number of rotatable bonds is 6. The van der Waals surface area contributed by atoms with Crippen LogP contribution in [0.1, 0.15) is 19.4 Å². The quantitative estimate of drug-likeness (QED) is 0.634. The highest BCUT2D eigenvalue weighted by atomic mass is 35.5. The van der Waals surface area contributed by atoms with E-state index in [9.17, 15) is 9.59 Å². The summed E-state index contributed by atoms with van der Waals surface area (Å²) in [6.45, 7) is 4.80. The molecule has 1 fully saturated rings. The molecule has 0 radical (unpaired) electrons. The molecule has 7 heteroatoms. The summed E-state index contributed by atoms with van der Waals surface area (Å²) >= 11 is 7.02. The zero-order valence-electron chi connectivity index (χ0n) is 12.2. The number of thioether (sulfide) groups is 1. The first kappa shape index (κ1) is 16.9. The van der Waals surface area contributed by atoms with Crippen molar-refractivity contribution in [3.63, 3.8) is 0 Å². The summed E-state index contributed by atoms with van der Waals surface area (Å²) in [5.74, 6) is 0.160. The molecule has 0 aromatic heterocycles. The van der Waals surface area contributed by atoms with E-state index < -0.39 is 5.91 Å². The second-order valence-corrected chi connectivity index (χ2v) is 6.23. The van der Waals surface area contributed by atoms with Gasteiger partial charge in [0.15, 0.2) is 0 Å². The van der Waals surface area contributed by atoms with Gasteiger partial charge in [-0.05, 0) is 49.4 Å². The van der Waals surface area contributed by atoms with Gasteiger partial charge < -0.3 is 9.47 Å². The molecule has 1 aromatic rings. The number of carbonyl (C=O) groups is 2. The van der Waals surface area contributed by atoms with Gasteiger partial charge in [0.2, 0.25) is 0 Å². The van der Waals surface area contributed by atoms with E-state index in [4.69, 9.17) is 21.1 Å². The number of ether oxygens (including phenoxy) is 2. The number of imide groups is 1. The van der Waals surface area contributed by atoms with Crippen LogP contribution in [-0.4, -0.2) is 30.5 Å². The van der Waals surface area contributed by atoms with E-state index in [1.807, 2.05) is 13.8 Å². The highest BCUT2D eigenvalue weighted by Crippen LogP contribution is 2.29. The molecular formula is C15H16ClNO4S. The fourth-order valence-corrected chi connectivity index (χ4v) is 2.66. The molecule has 0 atom stereocenters. The zero-order chi connectivity index (χ0) is 16.1. The molecule has 0 saturated carbocycles. The Labute approximate surface area is 138 Å². The molecule has 1 heterocycles. The first-order chi connectivity index (χ1) is 10.5. The van der Waals surface area contributed by atoms with Crippen molar-refractivity contribution in [2.24, 2.45) is 0 Å². The van der Waals surface area contributed by atoms with Crippen LogP contribution < -0.4 is 10.1 Å². The Morgan fingerprint density at radius 3 is 2.68 bits per heavy atom. The van der Waals surface area contributed by atoms with E-state index in [2.05, 4.69) is 5.32 Å². The molecule has 118 valence electrons. The molecule has 22 heavy (non-hydrogen) atoms. The Bertz CT molecular complexity index is 616. The van der Waals surface area contributed by atoms with Crippen LogP contribution in [0.15, 0.2) is 23.1 Å². The van der Waals surface area contributed by atoms with Gasteiger partial charge in [-0.1, -0.05) is 17.7 Å². The number of hydrogen-bond donors (Lipinski definition) is 1. The van der Waals surface area contributed by atoms with Gasteiger partial charge in [-0.3, -0.25) is 14.9 Å². The first-order valence-corrected chi connectivity index (χ1v) is 7.94. The molecule has 1 N–H and O–H groups in total. The van der Waals surface area contributed by atoms with Gasteiger partial charge in [0.05, 0.1) is 22.6 Å². The summed E-state index contributed by atoms with van der Waals surface area (Å²) < 4.78 is 10.9. The van der Waals surface area contributed by atoms with Gasteiger partial charge in [0, 0.05) is 0 Å². The molecule has 0 bridgehead atoms. The average molecular weight is 342 g/mol. The fourth-order valence-electron chi connectivity index (χ4n) is 1.73. The van der Waals surface area contributed by atoms with Crippen molar-refractivity contribution in [3.05, 3.63) is 33.7 Å². The van der Waals surface area contributed by atoms with E-state index in [-0.39, 0.29) is 11.3 Å². The summed E-state index contributed by atoms with van der Waals surface area (Å²) in [6, 6.07) is 5.18. The third kappa shape index (κ3) is 4.76. The first-order valence-electron chi connectivity index (χ1n) is 6.74. The summed E-state index contributed by atoms with van der Waals surface area (Å²) in [7, 11) is 0. The molecule has 5 nitrogen and oxygen atoms in total. The van der Waals surface area contributed by atoms with Crippen molar-refractivity contribution in [2.75, 3.05) is 13.2 Å². The Balaban J connectivity index is 1.99. The lowest BCUT2D eigenvalue weighted by atomic mass is 10.2. The van der Waals surface area contributed by atoms with E-state index >= 15 is 0 Å². The molecule has 2 amide bonds. The summed E-state index contributed by atoms with van der Waals surface area (Å²) in [5.41, 5.74) is 0.725. The minimum atomic E-state index is -0.391. The van der Waals surface area contributed by atoms with E-state index in [1.165, 1.54) is 0 Å². The second-order valence-electron chi connectivity index (χ2n) is 4.81. The third-order valence-electron chi connectivity index (χ3n) is 2.69. The van der Waals surface area contributed by atoms with Crippen LogP contribution >= 0.6 is 23.4 Å². The lowest BCUT2D eigenvalue weighted by Crippen LogP contribution is -2.17. The van der Waals surface area contributed by atoms with Crippen LogP contribution in [0, 0.1) is 0 Å². The Kier molecular flexibility index (Phi) is 5.88. The lowest BCUT2D eigenvalue weighted by molar-refractivity contribution is -0.115. The number of benzene rings is 1. The normalized spacial score (nSPS) is 16.5. The number of amides is 2. The Hall–Kier alpha value is -1.50. The van der Waals surface area contributed by atoms with Crippen molar-refractivity contribution in [3.8, 4) is 5.75 Å². The smallest absolute Gasteiger partial charge is 0.290 e. The molecule has 1 aliphatic rings. The van der Waals surface area contributed by atoms with Crippen molar-refractivity contribution in [1.29, 1.82) is 0 Å². The standard InChI is InChI=1S/C15H16ClNO4S/c1-9(2)20-5-6-21-12-4-3-10(7-11(12)16)8-13-14(18)17-15(19)22-13/h3-4,7-9H,5-6H2,1-2H3,(H,17,18,19)/b13-8+. The predicted molar refractivity (Wildman–Crippen MR) is 87.1 cm³/mol. The minimum absolute atomic E-state index is 0.158. The second kappa shape index (κ2) is 7.67. The average Bonchev–Trinajstić information content (AvgIpc) is 2.74. The fraction of sp³-hybridized carbons (Fsp3) is 0.333. The number of hydrogen-bond acceptors (Lipinski definition) is 5. The van der Waals surface area contributed by atoms with Gasteiger partial charge in [-0.15, -0.1) is 0 Å². The molecule has 1 aliphatic heterocycles. The SMILES string of the molecule is CC(C)OCCOc1ccc(/C=C2/SC(=O)NC2=O)cc1Cl.